The van der Waals surface area contributed by atoms with Crippen molar-refractivity contribution in [3.63, 3.8) is 0 Å². The maximum atomic E-state index is 12.4. The molecule has 4 nitrogen and oxygen atoms in total. The predicted molar refractivity (Wildman–Crippen MR) is 80.0 cm³/mol. The third-order valence-corrected chi connectivity index (χ3v) is 2.75. The molecule has 1 amide bonds. The average molecular weight is 277 g/mol. The van der Waals surface area contributed by atoms with E-state index in [2.05, 4.69) is 0 Å². The molecule has 0 N–H and O–H groups in total. The van der Waals surface area contributed by atoms with Crippen LogP contribution in [0.4, 0.5) is 10.5 Å². The van der Waals surface area contributed by atoms with Crippen molar-refractivity contribution >= 4 is 18.1 Å². The summed E-state index contributed by atoms with van der Waals surface area (Å²) < 4.78 is 5.43. The fourth-order valence-electron chi connectivity index (χ4n) is 1.87. The maximum absolute atomic E-state index is 12.4. The Morgan fingerprint density at radius 1 is 1.40 bits per heavy atom. The van der Waals surface area contributed by atoms with Crippen molar-refractivity contribution < 1.29 is 14.3 Å². The minimum Gasteiger partial charge on any atom is -0.443 e. The summed E-state index contributed by atoms with van der Waals surface area (Å²) in [5, 5.41) is 0. The zero-order valence-corrected chi connectivity index (χ0v) is 12.8. The Morgan fingerprint density at radius 2 is 2.05 bits per heavy atom. The van der Waals surface area contributed by atoms with Crippen LogP contribution in [0.1, 0.15) is 39.7 Å². The van der Waals surface area contributed by atoms with Crippen molar-refractivity contribution in [1.29, 1.82) is 0 Å². The largest absolute Gasteiger partial charge is 0.443 e. The number of benzene rings is 1. The summed E-state index contributed by atoms with van der Waals surface area (Å²) in [7, 11) is 0. The number of hydrogen-bond donors (Lipinski definition) is 0. The van der Waals surface area contributed by atoms with E-state index in [0.29, 0.717) is 0 Å². The van der Waals surface area contributed by atoms with Crippen LogP contribution < -0.4 is 4.90 Å². The van der Waals surface area contributed by atoms with Gasteiger partial charge in [-0.2, -0.15) is 0 Å². The van der Waals surface area contributed by atoms with Crippen LogP contribution in [0.25, 0.3) is 0 Å². The minimum atomic E-state index is -0.569. The van der Waals surface area contributed by atoms with Crippen molar-refractivity contribution in [2.45, 2.75) is 52.7 Å². The highest BCUT2D eigenvalue weighted by Crippen LogP contribution is 2.22. The van der Waals surface area contributed by atoms with Crippen LogP contribution in [-0.4, -0.2) is 24.0 Å². The maximum Gasteiger partial charge on any atom is 0.415 e. The van der Waals surface area contributed by atoms with Crippen LogP contribution in [0.15, 0.2) is 24.3 Å². The van der Waals surface area contributed by atoms with Gasteiger partial charge in [-0.15, -0.1) is 0 Å². The van der Waals surface area contributed by atoms with Gasteiger partial charge in [0.15, 0.2) is 0 Å². The lowest BCUT2D eigenvalue weighted by molar-refractivity contribution is -0.108. The molecule has 0 saturated heterocycles. The molecule has 0 radical (unpaired) electrons. The van der Waals surface area contributed by atoms with Crippen molar-refractivity contribution in [3.05, 3.63) is 29.8 Å². The van der Waals surface area contributed by atoms with Crippen molar-refractivity contribution in [3.8, 4) is 0 Å². The van der Waals surface area contributed by atoms with Gasteiger partial charge in [0.05, 0.1) is 0 Å². The van der Waals surface area contributed by atoms with E-state index in [4.69, 9.17) is 4.74 Å². The highest BCUT2D eigenvalue weighted by molar-refractivity contribution is 5.89. The number of amides is 1. The predicted octanol–water partition coefficient (Wildman–Crippen LogP) is 3.71. The molecule has 1 aromatic carbocycles. The average Bonchev–Trinajstić information content (AvgIpc) is 2.26. The fourth-order valence-corrected chi connectivity index (χ4v) is 1.87. The van der Waals surface area contributed by atoms with Gasteiger partial charge in [-0.1, -0.05) is 12.1 Å². The molecule has 0 aliphatic heterocycles. The molecule has 0 aliphatic carbocycles. The summed E-state index contributed by atoms with van der Waals surface area (Å²) in [6.07, 6.45) is 0.655. The summed E-state index contributed by atoms with van der Waals surface area (Å²) in [5.74, 6) is 0. The molecule has 1 atom stereocenters. The van der Waals surface area contributed by atoms with Gasteiger partial charge < -0.3 is 9.53 Å². The molecule has 4 heteroatoms. The Morgan fingerprint density at radius 3 is 2.55 bits per heavy atom. The van der Waals surface area contributed by atoms with E-state index in [0.717, 1.165) is 17.5 Å². The van der Waals surface area contributed by atoms with E-state index < -0.39 is 11.7 Å². The quantitative estimate of drug-likeness (QED) is 0.788. The molecule has 0 aliphatic rings. The zero-order chi connectivity index (χ0) is 15.3. The topological polar surface area (TPSA) is 46.6 Å². The van der Waals surface area contributed by atoms with Gasteiger partial charge in [0.1, 0.15) is 11.9 Å². The number of aryl methyl sites for hydroxylation is 1. The van der Waals surface area contributed by atoms with Gasteiger partial charge >= 0.3 is 6.09 Å². The van der Waals surface area contributed by atoms with Crippen LogP contribution in [0.3, 0.4) is 0 Å². The van der Waals surface area contributed by atoms with Gasteiger partial charge in [-0.3, -0.25) is 4.90 Å². The second-order valence-electron chi connectivity index (χ2n) is 5.94. The van der Waals surface area contributed by atoms with Gasteiger partial charge in [-0.05, 0) is 52.3 Å². The summed E-state index contributed by atoms with van der Waals surface area (Å²) in [5.41, 5.74) is 1.23. The van der Waals surface area contributed by atoms with E-state index in [9.17, 15) is 9.59 Å². The molecule has 0 aromatic heterocycles. The molecule has 0 saturated carbocycles. The number of aldehydes is 1. The molecule has 0 heterocycles. The molecule has 20 heavy (non-hydrogen) atoms. The number of nitrogens with zero attached hydrogens (tertiary/aromatic N) is 1. The number of anilines is 1. The van der Waals surface area contributed by atoms with Gasteiger partial charge in [0, 0.05) is 18.2 Å². The second kappa shape index (κ2) is 6.55. The van der Waals surface area contributed by atoms with E-state index >= 15 is 0 Å². The highest BCUT2D eigenvalue weighted by Gasteiger charge is 2.27. The third kappa shape index (κ3) is 4.68. The van der Waals surface area contributed by atoms with Crippen molar-refractivity contribution in [2.75, 3.05) is 4.90 Å². The zero-order valence-electron chi connectivity index (χ0n) is 12.8. The Kier molecular flexibility index (Phi) is 5.31. The van der Waals surface area contributed by atoms with Crippen LogP contribution >= 0.6 is 0 Å². The molecule has 110 valence electrons. The number of rotatable bonds is 4. The van der Waals surface area contributed by atoms with E-state index in [1.807, 2.05) is 58.9 Å². The van der Waals surface area contributed by atoms with Crippen LogP contribution in [0.2, 0.25) is 0 Å². The lowest BCUT2D eigenvalue weighted by atomic mass is 10.1. The Hall–Kier alpha value is -1.84. The number of carbonyl (C=O) groups excluding carboxylic acids is 2. The van der Waals surface area contributed by atoms with Crippen molar-refractivity contribution in [2.24, 2.45) is 0 Å². The molecule has 0 spiro atoms. The first-order valence-corrected chi connectivity index (χ1v) is 6.77. The molecule has 0 bridgehead atoms. The second-order valence-corrected chi connectivity index (χ2v) is 5.94. The van der Waals surface area contributed by atoms with E-state index in [-0.39, 0.29) is 12.5 Å². The molecule has 1 aromatic rings. The SMILES string of the molecule is Cc1cccc(N(C(=O)OC(C)(C)C)C(C)CC=O)c1. The Labute approximate surface area is 120 Å². The summed E-state index contributed by atoms with van der Waals surface area (Å²) in [6.45, 7) is 9.26. The first-order chi connectivity index (χ1) is 9.24. The van der Waals surface area contributed by atoms with Crippen LogP contribution in [-0.2, 0) is 9.53 Å². The van der Waals surface area contributed by atoms with Crippen molar-refractivity contribution in [1.82, 2.24) is 0 Å². The van der Waals surface area contributed by atoms with Gasteiger partial charge in [-0.25, -0.2) is 4.79 Å². The summed E-state index contributed by atoms with van der Waals surface area (Å²) >= 11 is 0. The Balaban J connectivity index is 3.08. The third-order valence-electron chi connectivity index (χ3n) is 2.75. The van der Waals surface area contributed by atoms with Crippen LogP contribution in [0, 0.1) is 6.92 Å². The molecule has 1 unspecified atom stereocenters. The van der Waals surface area contributed by atoms with Crippen LogP contribution in [0.5, 0.6) is 0 Å². The molecule has 1 rings (SSSR count). The number of ether oxygens (including phenoxy) is 1. The normalized spacial score (nSPS) is 12.7. The first-order valence-electron chi connectivity index (χ1n) is 6.77. The monoisotopic (exact) mass is 277 g/mol. The standard InChI is InChI=1S/C16H23NO3/c1-12-7-6-8-14(11-12)17(13(2)9-10-18)15(19)20-16(3,4)5/h6-8,10-11,13H,9H2,1-5H3. The lowest BCUT2D eigenvalue weighted by Crippen LogP contribution is -2.42. The summed E-state index contributed by atoms with van der Waals surface area (Å²) in [4.78, 5) is 24.7. The molecular weight excluding hydrogens is 254 g/mol. The smallest absolute Gasteiger partial charge is 0.415 e. The number of carbonyl (C=O) groups is 2. The molecule has 0 fully saturated rings. The Bertz CT molecular complexity index is 477. The number of hydrogen-bond acceptors (Lipinski definition) is 3. The van der Waals surface area contributed by atoms with E-state index in [1.165, 1.54) is 4.90 Å². The fraction of sp³-hybridized carbons (Fsp3) is 0.500. The minimum absolute atomic E-state index is 0.246. The summed E-state index contributed by atoms with van der Waals surface area (Å²) in [6, 6.07) is 7.35. The highest BCUT2D eigenvalue weighted by atomic mass is 16.6. The lowest BCUT2D eigenvalue weighted by Gasteiger charge is -2.31. The van der Waals surface area contributed by atoms with Gasteiger partial charge in [0.25, 0.3) is 0 Å². The van der Waals surface area contributed by atoms with Gasteiger partial charge in [0.2, 0.25) is 0 Å². The molecular formula is C16H23NO3. The first kappa shape index (κ1) is 16.2. The van der Waals surface area contributed by atoms with E-state index in [1.54, 1.807) is 0 Å².